The van der Waals surface area contributed by atoms with Gasteiger partial charge >= 0.3 is 5.97 Å². The van der Waals surface area contributed by atoms with Crippen molar-refractivity contribution >= 4 is 34.8 Å². The van der Waals surface area contributed by atoms with Gasteiger partial charge in [-0.2, -0.15) is 5.26 Å². The van der Waals surface area contributed by atoms with E-state index in [0.29, 0.717) is 10.5 Å². The van der Waals surface area contributed by atoms with E-state index in [4.69, 9.17) is 0 Å². The molecule has 5 nitrogen and oxygen atoms in total. The second-order valence-corrected chi connectivity index (χ2v) is 8.77. The standard InChI is InChI=1S/C23H20N2O3S2/c1-3-16-7-8-18(23(26)27)12-22(16)29-25-21-13-19(30(2)28)9-10-20(21)17-6-4-5-15(11-17)14-24/h4-13,25H,3H2,1-2H3,(H,26,27). The summed E-state index contributed by atoms with van der Waals surface area (Å²) in [5.74, 6) is -0.975. The molecule has 0 amide bonds. The lowest BCUT2D eigenvalue weighted by molar-refractivity contribution is 0.0696. The highest BCUT2D eigenvalue weighted by Gasteiger charge is 2.14. The fourth-order valence-corrected chi connectivity index (χ4v) is 4.44. The van der Waals surface area contributed by atoms with Gasteiger partial charge in [-0.05, 0) is 77.1 Å². The zero-order valence-corrected chi connectivity index (χ0v) is 18.1. The summed E-state index contributed by atoms with van der Waals surface area (Å²) in [6.45, 7) is 2.01. The zero-order chi connectivity index (χ0) is 21.7. The molecule has 2 N–H and O–H groups in total. The van der Waals surface area contributed by atoms with Crippen molar-refractivity contribution in [3.8, 4) is 17.2 Å². The first-order chi connectivity index (χ1) is 14.4. The molecule has 0 bridgehead atoms. The predicted molar refractivity (Wildman–Crippen MR) is 121 cm³/mol. The van der Waals surface area contributed by atoms with Gasteiger partial charge < -0.3 is 14.4 Å². The van der Waals surface area contributed by atoms with Crippen LogP contribution >= 0.6 is 11.9 Å². The summed E-state index contributed by atoms with van der Waals surface area (Å²) in [5.41, 5.74) is 4.27. The molecule has 7 heteroatoms. The number of nitrogens with one attached hydrogen (secondary N) is 1. The van der Waals surface area contributed by atoms with Gasteiger partial charge in [0.1, 0.15) is 6.26 Å². The first-order valence-electron chi connectivity index (χ1n) is 9.20. The Balaban J connectivity index is 2.00. The molecule has 0 saturated carbocycles. The van der Waals surface area contributed by atoms with Crippen molar-refractivity contribution in [2.45, 2.75) is 23.1 Å². The lowest BCUT2D eigenvalue weighted by atomic mass is 10.0. The van der Waals surface area contributed by atoms with Gasteiger partial charge in [0.15, 0.2) is 4.90 Å². The van der Waals surface area contributed by atoms with Crippen LogP contribution < -0.4 is 4.72 Å². The molecule has 30 heavy (non-hydrogen) atoms. The van der Waals surface area contributed by atoms with Crippen LogP contribution in [0.2, 0.25) is 0 Å². The second kappa shape index (κ2) is 9.72. The Kier molecular flexibility index (Phi) is 7.06. The van der Waals surface area contributed by atoms with E-state index in [0.717, 1.165) is 33.7 Å². The minimum absolute atomic E-state index is 0.224. The number of aromatic carboxylic acids is 1. The average molecular weight is 437 g/mol. The third kappa shape index (κ3) is 4.97. The Hall–Kier alpha value is -2.92. The molecule has 0 aliphatic heterocycles. The van der Waals surface area contributed by atoms with Crippen LogP contribution in [0.15, 0.2) is 70.5 Å². The van der Waals surface area contributed by atoms with E-state index < -0.39 is 17.1 Å². The molecule has 0 fully saturated rings. The van der Waals surface area contributed by atoms with E-state index in [-0.39, 0.29) is 5.56 Å². The maximum absolute atomic E-state index is 12.0. The van der Waals surface area contributed by atoms with Crippen LogP contribution in [0.3, 0.4) is 0 Å². The maximum Gasteiger partial charge on any atom is 0.335 e. The molecule has 0 aliphatic rings. The number of carbonyl (C=O) groups is 1. The van der Waals surface area contributed by atoms with Crippen molar-refractivity contribution < 1.29 is 14.5 Å². The maximum atomic E-state index is 12.0. The van der Waals surface area contributed by atoms with Crippen LogP contribution in [0.4, 0.5) is 5.69 Å². The first-order valence-corrected chi connectivity index (χ1v) is 11.6. The SMILES string of the molecule is CCc1ccc(C(=O)O)cc1SNc1cc([S+](C)[O-])ccc1-c1cccc(C#N)c1. The summed E-state index contributed by atoms with van der Waals surface area (Å²) >= 11 is 0.165. The van der Waals surface area contributed by atoms with Gasteiger partial charge in [0.05, 0.1) is 22.9 Å². The van der Waals surface area contributed by atoms with E-state index >= 15 is 0 Å². The second-order valence-electron chi connectivity index (χ2n) is 6.54. The summed E-state index contributed by atoms with van der Waals surface area (Å²) in [4.78, 5) is 12.8. The molecule has 0 spiro atoms. The van der Waals surface area contributed by atoms with Crippen molar-refractivity contribution in [3.63, 3.8) is 0 Å². The number of nitriles is 1. The lowest BCUT2D eigenvalue weighted by Gasteiger charge is -2.15. The Morgan fingerprint density at radius 1 is 1.20 bits per heavy atom. The van der Waals surface area contributed by atoms with Crippen molar-refractivity contribution in [1.29, 1.82) is 5.26 Å². The molecule has 3 aromatic rings. The first kappa shape index (κ1) is 21.8. The summed E-state index contributed by atoms with van der Waals surface area (Å²) in [7, 11) is 0. The number of anilines is 1. The van der Waals surface area contributed by atoms with Crippen LogP contribution in [0.25, 0.3) is 11.1 Å². The van der Waals surface area contributed by atoms with Crippen LogP contribution in [0.1, 0.15) is 28.4 Å². The average Bonchev–Trinajstić information content (AvgIpc) is 2.77. The van der Waals surface area contributed by atoms with Gasteiger partial charge in [0.25, 0.3) is 0 Å². The normalized spacial score (nSPS) is 11.5. The minimum atomic E-state index is -1.15. The molecule has 3 aromatic carbocycles. The smallest absolute Gasteiger partial charge is 0.335 e. The fraction of sp³-hybridized carbons (Fsp3) is 0.130. The lowest BCUT2D eigenvalue weighted by Crippen LogP contribution is -2.01. The van der Waals surface area contributed by atoms with Gasteiger partial charge in [-0.1, -0.05) is 25.1 Å². The van der Waals surface area contributed by atoms with Crippen molar-refractivity contribution in [2.75, 3.05) is 11.0 Å². The molecule has 1 unspecified atom stereocenters. The highest BCUT2D eigenvalue weighted by atomic mass is 32.2. The highest BCUT2D eigenvalue weighted by Crippen LogP contribution is 2.35. The molecule has 0 radical (unpaired) electrons. The number of benzene rings is 3. The number of carboxylic acids is 1. The third-order valence-corrected chi connectivity index (χ3v) is 6.43. The molecule has 152 valence electrons. The summed E-state index contributed by atoms with van der Waals surface area (Å²) in [6.07, 6.45) is 2.38. The Bertz CT molecular complexity index is 1120. The number of carboxylic acid groups (broad SMARTS) is 1. The molecule has 3 rings (SSSR count). The number of hydrogen-bond donors (Lipinski definition) is 2. The highest BCUT2D eigenvalue weighted by molar-refractivity contribution is 8.00. The van der Waals surface area contributed by atoms with E-state index in [9.17, 15) is 19.7 Å². The van der Waals surface area contributed by atoms with Crippen molar-refractivity contribution in [2.24, 2.45) is 0 Å². The van der Waals surface area contributed by atoms with Crippen LogP contribution in [-0.4, -0.2) is 21.9 Å². The van der Waals surface area contributed by atoms with E-state index in [1.54, 1.807) is 30.5 Å². The topological polar surface area (TPSA) is 96.2 Å². The van der Waals surface area contributed by atoms with E-state index in [1.807, 2.05) is 43.3 Å². The molecule has 0 heterocycles. The van der Waals surface area contributed by atoms with Gasteiger partial charge in [-0.25, -0.2) is 4.79 Å². The summed E-state index contributed by atoms with van der Waals surface area (Å²) in [6, 6.07) is 20.0. The zero-order valence-electron chi connectivity index (χ0n) is 16.5. The van der Waals surface area contributed by atoms with Gasteiger partial charge in [0.2, 0.25) is 0 Å². The largest absolute Gasteiger partial charge is 0.612 e. The summed E-state index contributed by atoms with van der Waals surface area (Å²) < 4.78 is 15.3. The van der Waals surface area contributed by atoms with Crippen LogP contribution in [0, 0.1) is 11.3 Å². The number of aryl methyl sites for hydroxylation is 1. The summed E-state index contributed by atoms with van der Waals surface area (Å²) in [5, 5.41) is 18.5. The van der Waals surface area contributed by atoms with Crippen LogP contribution in [0.5, 0.6) is 0 Å². The monoisotopic (exact) mass is 436 g/mol. The number of nitrogens with zero attached hydrogens (tertiary/aromatic N) is 1. The van der Waals surface area contributed by atoms with E-state index in [1.165, 1.54) is 11.9 Å². The molecule has 0 aromatic heterocycles. The Morgan fingerprint density at radius 3 is 2.67 bits per heavy atom. The van der Waals surface area contributed by atoms with Crippen molar-refractivity contribution in [1.82, 2.24) is 0 Å². The molecular weight excluding hydrogens is 416 g/mol. The quantitative estimate of drug-likeness (QED) is 0.383. The molecular formula is C23H20N2O3S2. The Labute approximate surface area is 183 Å². The third-order valence-electron chi connectivity index (χ3n) is 4.59. The molecule has 1 atom stereocenters. The van der Waals surface area contributed by atoms with Crippen LogP contribution in [-0.2, 0) is 17.6 Å². The fourth-order valence-electron chi connectivity index (χ4n) is 2.98. The number of hydrogen-bond acceptors (Lipinski definition) is 5. The Morgan fingerprint density at radius 2 is 2.00 bits per heavy atom. The molecule has 0 aliphatic carbocycles. The minimum Gasteiger partial charge on any atom is -0.612 e. The van der Waals surface area contributed by atoms with Crippen molar-refractivity contribution in [3.05, 3.63) is 77.4 Å². The molecule has 0 saturated heterocycles. The van der Waals surface area contributed by atoms with Gasteiger partial charge in [-0.15, -0.1) is 0 Å². The number of rotatable bonds is 7. The van der Waals surface area contributed by atoms with Gasteiger partial charge in [-0.3, -0.25) is 0 Å². The van der Waals surface area contributed by atoms with E-state index in [2.05, 4.69) is 10.8 Å². The van der Waals surface area contributed by atoms with Gasteiger partial charge in [0, 0.05) is 16.5 Å². The predicted octanol–water partition coefficient (Wildman–Crippen LogP) is 5.34.